The smallest absolute Gasteiger partial charge is 0.219 e. The number of amides is 1. The van der Waals surface area contributed by atoms with Crippen molar-refractivity contribution in [3.63, 3.8) is 0 Å². The van der Waals surface area contributed by atoms with Crippen LogP contribution < -0.4 is 4.90 Å². The lowest BCUT2D eigenvalue weighted by molar-refractivity contribution is -0.129. The monoisotopic (exact) mass is 389 g/mol. The van der Waals surface area contributed by atoms with Crippen LogP contribution in [0.3, 0.4) is 0 Å². The van der Waals surface area contributed by atoms with Crippen molar-refractivity contribution in [1.29, 1.82) is 0 Å². The molecule has 0 saturated carbocycles. The van der Waals surface area contributed by atoms with Crippen molar-refractivity contribution >= 4 is 28.3 Å². The van der Waals surface area contributed by atoms with E-state index < -0.39 is 0 Å². The molecule has 0 unspecified atom stereocenters. The number of nitrogens with one attached hydrogen (secondary N) is 1. The molecule has 0 atom stereocenters. The molecule has 148 valence electrons. The van der Waals surface area contributed by atoms with Crippen LogP contribution in [0.2, 0.25) is 0 Å². The molecular formula is C21H23N7O. The van der Waals surface area contributed by atoms with Crippen molar-refractivity contribution in [2.45, 2.75) is 20.3 Å². The summed E-state index contributed by atoms with van der Waals surface area (Å²) < 4.78 is 1.90. The van der Waals surface area contributed by atoms with Crippen LogP contribution in [0.15, 0.2) is 36.5 Å². The number of carbonyl (C=O) groups excluding carboxylic acids is 1. The molecule has 4 heterocycles. The number of fused-ring (bicyclic) bond motifs is 2. The van der Waals surface area contributed by atoms with Gasteiger partial charge < -0.3 is 9.80 Å². The number of benzene rings is 1. The predicted octanol–water partition coefficient (Wildman–Crippen LogP) is 2.50. The summed E-state index contributed by atoms with van der Waals surface area (Å²) in [5.41, 5.74) is 4.93. The third-order valence-corrected chi connectivity index (χ3v) is 5.67. The number of piperazine rings is 1. The van der Waals surface area contributed by atoms with Crippen LogP contribution in [-0.2, 0) is 11.2 Å². The van der Waals surface area contributed by atoms with Crippen molar-refractivity contribution in [3.8, 4) is 11.3 Å². The van der Waals surface area contributed by atoms with Crippen LogP contribution in [0.5, 0.6) is 0 Å². The summed E-state index contributed by atoms with van der Waals surface area (Å²) in [5.74, 6) is 1.03. The van der Waals surface area contributed by atoms with Gasteiger partial charge in [-0.05, 0) is 30.7 Å². The first-order chi connectivity index (χ1) is 14.1. The fourth-order valence-electron chi connectivity index (χ4n) is 3.98. The van der Waals surface area contributed by atoms with Gasteiger partial charge in [-0.1, -0.05) is 13.0 Å². The standard InChI is InChI=1S/C21H23N7O/c1-3-17-16-12-15(4-5-18(16)24-23-17)19-13-22-20-6-7-21(25-28(19)20)27-10-8-26(9-11-27)14(2)29/h4-7,12-13H,3,8-11H2,1-2H3,(H,23,24). The van der Waals surface area contributed by atoms with Crippen LogP contribution in [0.1, 0.15) is 19.5 Å². The zero-order valence-electron chi connectivity index (χ0n) is 16.6. The van der Waals surface area contributed by atoms with E-state index in [9.17, 15) is 4.79 Å². The van der Waals surface area contributed by atoms with Crippen LogP contribution in [-0.4, -0.2) is 61.8 Å². The Morgan fingerprint density at radius 3 is 2.72 bits per heavy atom. The summed E-state index contributed by atoms with van der Waals surface area (Å²) in [6.07, 6.45) is 2.75. The summed E-state index contributed by atoms with van der Waals surface area (Å²) in [6, 6.07) is 10.3. The van der Waals surface area contributed by atoms with Crippen molar-refractivity contribution in [3.05, 3.63) is 42.2 Å². The third-order valence-electron chi connectivity index (χ3n) is 5.67. The maximum Gasteiger partial charge on any atom is 0.219 e. The summed E-state index contributed by atoms with van der Waals surface area (Å²) >= 11 is 0. The number of imidazole rings is 1. The molecule has 1 aromatic carbocycles. The zero-order chi connectivity index (χ0) is 20.0. The molecule has 4 aromatic rings. The lowest BCUT2D eigenvalue weighted by Crippen LogP contribution is -2.48. The van der Waals surface area contributed by atoms with Gasteiger partial charge in [-0.2, -0.15) is 5.10 Å². The first-order valence-corrected chi connectivity index (χ1v) is 9.96. The Balaban J connectivity index is 1.51. The molecule has 1 aliphatic rings. The molecule has 0 radical (unpaired) electrons. The second-order valence-corrected chi connectivity index (χ2v) is 7.38. The minimum atomic E-state index is 0.131. The second kappa shape index (κ2) is 6.88. The molecule has 3 aromatic heterocycles. The molecule has 1 N–H and O–H groups in total. The highest BCUT2D eigenvalue weighted by Gasteiger charge is 2.20. The number of hydrogen-bond donors (Lipinski definition) is 1. The molecule has 0 bridgehead atoms. The third kappa shape index (κ3) is 3.00. The molecule has 1 amide bonds. The first-order valence-electron chi connectivity index (χ1n) is 9.96. The van der Waals surface area contributed by atoms with Crippen molar-refractivity contribution in [1.82, 2.24) is 29.7 Å². The van der Waals surface area contributed by atoms with Crippen LogP contribution in [0, 0.1) is 0 Å². The number of H-pyrrole nitrogens is 1. The van der Waals surface area contributed by atoms with Gasteiger partial charge in [0.25, 0.3) is 0 Å². The summed E-state index contributed by atoms with van der Waals surface area (Å²) in [7, 11) is 0. The molecule has 1 saturated heterocycles. The number of carbonyl (C=O) groups is 1. The van der Waals surface area contributed by atoms with E-state index >= 15 is 0 Å². The number of rotatable bonds is 3. The highest BCUT2D eigenvalue weighted by atomic mass is 16.2. The summed E-state index contributed by atoms with van der Waals surface area (Å²) in [5, 5.41) is 13.5. The van der Waals surface area contributed by atoms with Gasteiger partial charge in [-0.15, -0.1) is 5.10 Å². The largest absolute Gasteiger partial charge is 0.352 e. The Morgan fingerprint density at radius 2 is 1.97 bits per heavy atom. The Kier molecular flexibility index (Phi) is 4.19. The van der Waals surface area contributed by atoms with Gasteiger partial charge in [-0.25, -0.2) is 9.50 Å². The van der Waals surface area contributed by atoms with Gasteiger partial charge >= 0.3 is 0 Å². The van der Waals surface area contributed by atoms with Crippen molar-refractivity contribution in [2.75, 3.05) is 31.1 Å². The van der Waals surface area contributed by atoms with E-state index in [4.69, 9.17) is 5.10 Å². The second-order valence-electron chi connectivity index (χ2n) is 7.38. The van der Waals surface area contributed by atoms with Crippen LogP contribution in [0.25, 0.3) is 27.8 Å². The van der Waals surface area contributed by atoms with Crippen LogP contribution in [0.4, 0.5) is 5.82 Å². The summed E-state index contributed by atoms with van der Waals surface area (Å²) in [4.78, 5) is 20.2. The van der Waals surface area contributed by atoms with Gasteiger partial charge in [0.2, 0.25) is 5.91 Å². The lowest BCUT2D eigenvalue weighted by atomic mass is 10.1. The molecule has 0 aliphatic carbocycles. The van der Waals surface area contributed by atoms with Crippen molar-refractivity contribution < 1.29 is 4.79 Å². The van der Waals surface area contributed by atoms with Gasteiger partial charge in [0.15, 0.2) is 5.65 Å². The molecule has 29 heavy (non-hydrogen) atoms. The Labute approximate surface area is 168 Å². The first kappa shape index (κ1) is 17.7. The molecule has 1 fully saturated rings. The number of aryl methyl sites for hydroxylation is 1. The summed E-state index contributed by atoms with van der Waals surface area (Å²) in [6.45, 7) is 6.74. The maximum absolute atomic E-state index is 11.6. The number of aromatic nitrogens is 5. The fraction of sp³-hybridized carbons (Fsp3) is 0.333. The molecule has 8 heteroatoms. The molecule has 0 spiro atoms. The average molecular weight is 389 g/mol. The quantitative estimate of drug-likeness (QED) is 0.582. The Morgan fingerprint density at radius 1 is 1.14 bits per heavy atom. The number of aromatic amines is 1. The molecule has 8 nitrogen and oxygen atoms in total. The molecule has 5 rings (SSSR count). The average Bonchev–Trinajstić information content (AvgIpc) is 3.36. The lowest BCUT2D eigenvalue weighted by Gasteiger charge is -2.34. The maximum atomic E-state index is 11.6. The zero-order valence-corrected chi connectivity index (χ0v) is 16.6. The Bertz CT molecular complexity index is 1200. The Hall–Kier alpha value is -3.42. The highest BCUT2D eigenvalue weighted by molar-refractivity contribution is 5.86. The van der Waals surface area contributed by atoms with E-state index in [2.05, 4.69) is 45.2 Å². The molecular weight excluding hydrogens is 366 g/mol. The predicted molar refractivity (Wildman–Crippen MR) is 112 cm³/mol. The number of nitrogens with zero attached hydrogens (tertiary/aromatic N) is 6. The topological polar surface area (TPSA) is 82.4 Å². The van der Waals surface area contributed by atoms with Gasteiger partial charge in [0.1, 0.15) is 5.82 Å². The van der Waals surface area contributed by atoms with E-state index in [0.717, 1.165) is 71.9 Å². The van der Waals surface area contributed by atoms with E-state index in [1.165, 1.54) is 0 Å². The van der Waals surface area contributed by atoms with Crippen LogP contribution >= 0.6 is 0 Å². The SMILES string of the molecule is CCc1n[nH]c2ccc(-c3cnc4ccc(N5CCN(C(C)=O)CC5)nn34)cc12. The van der Waals surface area contributed by atoms with E-state index in [-0.39, 0.29) is 5.91 Å². The highest BCUT2D eigenvalue weighted by Crippen LogP contribution is 2.27. The number of anilines is 1. The van der Waals surface area contributed by atoms with Gasteiger partial charge in [0, 0.05) is 44.1 Å². The van der Waals surface area contributed by atoms with E-state index in [0.29, 0.717) is 0 Å². The van der Waals surface area contributed by atoms with Gasteiger partial charge in [-0.3, -0.25) is 9.89 Å². The van der Waals surface area contributed by atoms with Crippen molar-refractivity contribution in [2.24, 2.45) is 0 Å². The molecule has 1 aliphatic heterocycles. The van der Waals surface area contributed by atoms with Gasteiger partial charge in [0.05, 0.1) is 23.1 Å². The van der Waals surface area contributed by atoms with E-state index in [1.807, 2.05) is 27.7 Å². The fourth-order valence-corrected chi connectivity index (χ4v) is 3.98. The van der Waals surface area contributed by atoms with E-state index in [1.54, 1.807) is 6.92 Å². The number of hydrogen-bond acceptors (Lipinski definition) is 5. The normalized spacial score (nSPS) is 14.8. The minimum Gasteiger partial charge on any atom is -0.352 e. The minimum absolute atomic E-state index is 0.131.